The summed E-state index contributed by atoms with van der Waals surface area (Å²) in [6.07, 6.45) is 0. The summed E-state index contributed by atoms with van der Waals surface area (Å²) in [6.45, 7) is 11.3. The molecule has 1 amide bonds. The number of methoxy groups -OCH3 is 1. The van der Waals surface area contributed by atoms with E-state index < -0.39 is 16.1 Å². The number of benzene rings is 2. The number of carbonyl (C=O) groups is 1. The molecule has 0 saturated heterocycles. The third-order valence-electron chi connectivity index (χ3n) is 5.11. The lowest BCUT2D eigenvalue weighted by molar-refractivity contribution is -0.123. The van der Waals surface area contributed by atoms with Gasteiger partial charge in [0.05, 0.1) is 24.1 Å². The Morgan fingerprint density at radius 1 is 0.931 bits per heavy atom. The number of carbonyl (C=O) groups excluding carboxylic acids is 1. The maximum Gasteiger partial charge on any atom is 0.241 e. The lowest BCUT2D eigenvalue weighted by atomic mass is 9.96. The van der Waals surface area contributed by atoms with Crippen molar-refractivity contribution >= 4 is 15.9 Å². The van der Waals surface area contributed by atoms with Crippen LogP contribution in [0.2, 0.25) is 0 Å². The van der Waals surface area contributed by atoms with Crippen LogP contribution in [0, 0.1) is 27.7 Å². The zero-order valence-corrected chi connectivity index (χ0v) is 18.9. The van der Waals surface area contributed by atoms with E-state index in [1.807, 2.05) is 27.7 Å². The van der Waals surface area contributed by atoms with Gasteiger partial charge in [-0.25, -0.2) is 8.42 Å². The summed E-state index contributed by atoms with van der Waals surface area (Å²) in [5, 5.41) is 2.90. The monoisotopic (exact) mass is 418 g/mol. The van der Waals surface area contributed by atoms with E-state index in [4.69, 9.17) is 4.74 Å². The predicted octanol–water partition coefficient (Wildman–Crippen LogP) is 3.47. The quantitative estimate of drug-likeness (QED) is 0.721. The normalized spacial score (nSPS) is 13.6. The molecule has 7 heteroatoms. The molecule has 6 nitrogen and oxygen atoms in total. The molecule has 0 fully saturated rings. The first-order chi connectivity index (χ1) is 13.5. The van der Waals surface area contributed by atoms with Crippen LogP contribution in [0.3, 0.4) is 0 Å². The van der Waals surface area contributed by atoms with Crippen molar-refractivity contribution < 1.29 is 17.9 Å². The second kappa shape index (κ2) is 8.97. The number of hydrogen-bond donors (Lipinski definition) is 2. The van der Waals surface area contributed by atoms with Gasteiger partial charge in [0.2, 0.25) is 15.9 Å². The van der Waals surface area contributed by atoms with Crippen LogP contribution in [0.5, 0.6) is 5.75 Å². The minimum absolute atomic E-state index is 0.0912. The molecule has 2 aromatic carbocycles. The number of nitrogens with one attached hydrogen (secondary N) is 2. The summed E-state index contributed by atoms with van der Waals surface area (Å²) in [6, 6.07) is 7.57. The summed E-state index contributed by atoms with van der Waals surface area (Å²) < 4.78 is 32.9. The van der Waals surface area contributed by atoms with E-state index in [9.17, 15) is 13.2 Å². The molecule has 0 aliphatic rings. The molecule has 0 heterocycles. The van der Waals surface area contributed by atoms with Crippen molar-refractivity contribution in [2.75, 3.05) is 7.11 Å². The standard InChI is InChI=1S/C22H30N2O4S/c1-13-10-15(3)20(12-14(13)2)17(5)23-22(25)18(6)24-29(26,27)19-8-9-21(28-7)16(4)11-19/h8-12,17-18,24H,1-7H3,(H,23,25)/t17-,18-/m1/s1. The lowest BCUT2D eigenvalue weighted by Gasteiger charge is -2.21. The highest BCUT2D eigenvalue weighted by Crippen LogP contribution is 2.23. The maximum absolute atomic E-state index is 12.7. The van der Waals surface area contributed by atoms with Crippen molar-refractivity contribution in [2.45, 2.75) is 58.5 Å². The van der Waals surface area contributed by atoms with Crippen molar-refractivity contribution in [3.63, 3.8) is 0 Å². The molecule has 0 aromatic heterocycles. The van der Waals surface area contributed by atoms with Gasteiger partial charge in [0.1, 0.15) is 5.75 Å². The number of rotatable bonds is 7. The van der Waals surface area contributed by atoms with Gasteiger partial charge in [0.15, 0.2) is 0 Å². The minimum Gasteiger partial charge on any atom is -0.496 e. The molecule has 0 aliphatic carbocycles. The van der Waals surface area contributed by atoms with Crippen LogP contribution in [-0.2, 0) is 14.8 Å². The van der Waals surface area contributed by atoms with Gasteiger partial charge in [-0.15, -0.1) is 0 Å². The maximum atomic E-state index is 12.7. The second-order valence-electron chi connectivity index (χ2n) is 7.50. The summed E-state index contributed by atoms with van der Waals surface area (Å²) in [4.78, 5) is 12.7. The van der Waals surface area contributed by atoms with E-state index in [1.165, 1.54) is 31.7 Å². The fourth-order valence-electron chi connectivity index (χ4n) is 3.24. The Morgan fingerprint density at radius 3 is 2.14 bits per heavy atom. The van der Waals surface area contributed by atoms with Crippen LogP contribution < -0.4 is 14.8 Å². The first-order valence-corrected chi connectivity index (χ1v) is 11.0. The first-order valence-electron chi connectivity index (χ1n) is 9.51. The Hall–Kier alpha value is -2.38. The molecule has 2 rings (SSSR count). The average Bonchev–Trinajstić information content (AvgIpc) is 2.64. The summed E-state index contributed by atoms with van der Waals surface area (Å²) in [5.41, 5.74) is 5.15. The zero-order valence-electron chi connectivity index (χ0n) is 18.1. The first kappa shape index (κ1) is 22.9. The van der Waals surface area contributed by atoms with Crippen molar-refractivity contribution in [3.8, 4) is 5.75 Å². The minimum atomic E-state index is -3.84. The van der Waals surface area contributed by atoms with Crippen LogP contribution in [0.4, 0.5) is 0 Å². The molecular weight excluding hydrogens is 388 g/mol. The highest BCUT2D eigenvalue weighted by molar-refractivity contribution is 7.89. The SMILES string of the molecule is COc1ccc(S(=O)(=O)N[C@H](C)C(=O)N[C@H](C)c2cc(C)c(C)cc2C)cc1C. The molecule has 0 spiro atoms. The number of ether oxygens (including phenoxy) is 1. The summed E-state index contributed by atoms with van der Waals surface area (Å²) in [5.74, 6) is 0.219. The van der Waals surface area contributed by atoms with Gasteiger partial charge in [0, 0.05) is 0 Å². The smallest absolute Gasteiger partial charge is 0.241 e. The third kappa shape index (κ3) is 5.36. The molecule has 0 aliphatic heterocycles. The van der Waals surface area contributed by atoms with Crippen LogP contribution >= 0.6 is 0 Å². The average molecular weight is 419 g/mol. The van der Waals surface area contributed by atoms with Gasteiger partial charge < -0.3 is 10.1 Å². The van der Waals surface area contributed by atoms with E-state index in [0.717, 1.165) is 16.7 Å². The van der Waals surface area contributed by atoms with Gasteiger partial charge in [-0.05, 0) is 87.6 Å². The number of sulfonamides is 1. The number of hydrogen-bond acceptors (Lipinski definition) is 4. The van der Waals surface area contributed by atoms with Crippen molar-refractivity contribution in [1.29, 1.82) is 0 Å². The Balaban J connectivity index is 2.12. The molecule has 0 bridgehead atoms. The fourth-order valence-corrected chi connectivity index (χ4v) is 4.53. The van der Waals surface area contributed by atoms with Crippen molar-refractivity contribution in [2.24, 2.45) is 0 Å². The van der Waals surface area contributed by atoms with Gasteiger partial charge in [-0.2, -0.15) is 4.72 Å². The lowest BCUT2D eigenvalue weighted by Crippen LogP contribution is -2.45. The van der Waals surface area contributed by atoms with Crippen LogP contribution in [0.1, 0.15) is 47.7 Å². The molecule has 158 valence electrons. The van der Waals surface area contributed by atoms with Crippen LogP contribution in [0.15, 0.2) is 35.2 Å². The Kier molecular flexibility index (Phi) is 7.08. The van der Waals surface area contributed by atoms with Crippen molar-refractivity contribution in [3.05, 3.63) is 58.1 Å². The predicted molar refractivity (Wildman–Crippen MR) is 115 cm³/mol. The fraction of sp³-hybridized carbons (Fsp3) is 0.409. The Labute approximate surface area is 173 Å². The summed E-state index contributed by atoms with van der Waals surface area (Å²) >= 11 is 0. The Morgan fingerprint density at radius 2 is 1.55 bits per heavy atom. The molecule has 2 aromatic rings. The topological polar surface area (TPSA) is 84.5 Å². The number of aryl methyl sites for hydroxylation is 4. The van der Waals surface area contributed by atoms with E-state index in [-0.39, 0.29) is 16.8 Å². The second-order valence-corrected chi connectivity index (χ2v) is 9.21. The molecule has 29 heavy (non-hydrogen) atoms. The molecule has 0 saturated carbocycles. The van der Waals surface area contributed by atoms with E-state index >= 15 is 0 Å². The van der Waals surface area contributed by atoms with Crippen LogP contribution in [-0.4, -0.2) is 27.5 Å². The van der Waals surface area contributed by atoms with Gasteiger partial charge in [0.25, 0.3) is 0 Å². The highest BCUT2D eigenvalue weighted by atomic mass is 32.2. The third-order valence-corrected chi connectivity index (χ3v) is 6.65. The van der Waals surface area contributed by atoms with Crippen LogP contribution in [0.25, 0.3) is 0 Å². The van der Waals surface area contributed by atoms with E-state index in [0.29, 0.717) is 11.3 Å². The largest absolute Gasteiger partial charge is 0.496 e. The van der Waals surface area contributed by atoms with E-state index in [2.05, 4.69) is 22.2 Å². The van der Waals surface area contributed by atoms with Gasteiger partial charge in [-0.3, -0.25) is 4.79 Å². The zero-order chi connectivity index (χ0) is 21.9. The van der Waals surface area contributed by atoms with Gasteiger partial charge >= 0.3 is 0 Å². The number of amides is 1. The molecule has 0 unspecified atom stereocenters. The van der Waals surface area contributed by atoms with Gasteiger partial charge in [-0.1, -0.05) is 12.1 Å². The molecular formula is C22H30N2O4S. The molecule has 2 atom stereocenters. The molecule has 0 radical (unpaired) electrons. The van der Waals surface area contributed by atoms with E-state index in [1.54, 1.807) is 13.0 Å². The summed E-state index contributed by atoms with van der Waals surface area (Å²) in [7, 11) is -2.31. The highest BCUT2D eigenvalue weighted by Gasteiger charge is 2.24. The van der Waals surface area contributed by atoms with Crippen molar-refractivity contribution in [1.82, 2.24) is 10.0 Å². The Bertz CT molecular complexity index is 1020. The molecule has 2 N–H and O–H groups in total.